The normalized spacial score (nSPS) is 14.3. The van der Waals surface area contributed by atoms with Crippen molar-refractivity contribution in [3.05, 3.63) is 88.6 Å². The number of methoxy groups -OCH3 is 1. The fraction of sp³-hybridized carbons (Fsp3) is 0.231. The summed E-state index contributed by atoms with van der Waals surface area (Å²) in [6.45, 7) is 6.13. The minimum atomic E-state index is -3.72. The van der Waals surface area contributed by atoms with Gasteiger partial charge in [-0.1, -0.05) is 48.5 Å². The van der Waals surface area contributed by atoms with E-state index in [2.05, 4.69) is 6.58 Å². The van der Waals surface area contributed by atoms with E-state index in [4.69, 9.17) is 35.7 Å². The zero-order chi connectivity index (χ0) is 25.2. The third-order valence-electron chi connectivity index (χ3n) is 5.41. The highest BCUT2D eigenvalue weighted by molar-refractivity contribution is 7.88. The number of hydrogen-bond donors (Lipinski definition) is 1. The van der Waals surface area contributed by atoms with E-state index in [0.717, 1.165) is 16.7 Å². The first-order valence-corrected chi connectivity index (χ1v) is 12.9. The molecular formula is C26H26ClNO6S. The second-order valence-electron chi connectivity index (χ2n) is 8.15. The summed E-state index contributed by atoms with van der Waals surface area (Å²) >= 11 is 6.25. The number of ether oxygens (including phenoxy) is 4. The van der Waals surface area contributed by atoms with Crippen molar-refractivity contribution in [2.24, 2.45) is 5.14 Å². The minimum Gasteiger partial charge on any atom is -0.495 e. The maximum Gasteiger partial charge on any atom is 0.213 e. The predicted octanol–water partition coefficient (Wildman–Crippen LogP) is 5.21. The molecule has 7 nitrogen and oxygen atoms in total. The van der Waals surface area contributed by atoms with Crippen molar-refractivity contribution < 1.29 is 27.4 Å². The van der Waals surface area contributed by atoms with Crippen LogP contribution in [0.15, 0.2) is 66.9 Å². The molecule has 0 aromatic heterocycles. The maximum absolute atomic E-state index is 11.8. The monoisotopic (exact) mass is 515 g/mol. The third-order valence-corrected chi connectivity index (χ3v) is 6.38. The molecule has 1 heterocycles. The topological polar surface area (TPSA) is 97.1 Å². The van der Waals surface area contributed by atoms with Gasteiger partial charge in [0.15, 0.2) is 11.5 Å². The Morgan fingerprint density at radius 2 is 1.94 bits per heavy atom. The number of fused-ring (bicyclic) bond motifs is 3. The van der Waals surface area contributed by atoms with Gasteiger partial charge in [0.05, 0.1) is 24.2 Å². The molecule has 2 N–H and O–H groups in total. The summed E-state index contributed by atoms with van der Waals surface area (Å²) in [5, 5.41) is 5.87. The first kappa shape index (κ1) is 24.9. The van der Waals surface area contributed by atoms with E-state index in [1.165, 1.54) is 0 Å². The van der Waals surface area contributed by atoms with Gasteiger partial charge >= 0.3 is 0 Å². The van der Waals surface area contributed by atoms with Gasteiger partial charge in [-0.05, 0) is 47.9 Å². The van der Waals surface area contributed by atoms with Crippen molar-refractivity contribution >= 4 is 21.6 Å². The van der Waals surface area contributed by atoms with Gasteiger partial charge in [0, 0.05) is 10.6 Å². The highest BCUT2D eigenvalue weighted by atomic mass is 35.5. The average molecular weight is 516 g/mol. The Morgan fingerprint density at radius 1 is 1.14 bits per heavy atom. The highest BCUT2D eigenvalue weighted by Gasteiger charge is 2.32. The molecule has 9 heteroatoms. The molecule has 3 aromatic carbocycles. The molecular weight excluding hydrogens is 490 g/mol. The summed E-state index contributed by atoms with van der Waals surface area (Å²) in [6, 6.07) is 16.4. The summed E-state index contributed by atoms with van der Waals surface area (Å²) in [5.74, 6) is 1.95. The van der Waals surface area contributed by atoms with Crippen LogP contribution in [0.4, 0.5) is 0 Å². The fourth-order valence-corrected chi connectivity index (χ4v) is 4.91. The molecule has 1 aliphatic heterocycles. The summed E-state index contributed by atoms with van der Waals surface area (Å²) in [4.78, 5) is 0. The molecule has 0 radical (unpaired) electrons. The van der Waals surface area contributed by atoms with Crippen LogP contribution in [0.5, 0.6) is 17.2 Å². The second kappa shape index (κ2) is 10.2. The molecule has 35 heavy (non-hydrogen) atoms. The Hall–Kier alpha value is -3.20. The molecule has 3 aromatic rings. The Labute approximate surface area is 210 Å². The zero-order valence-corrected chi connectivity index (χ0v) is 21.0. The summed E-state index contributed by atoms with van der Waals surface area (Å²) in [6.07, 6.45) is -0.517. The molecule has 1 atom stereocenters. The molecule has 0 fully saturated rings. The van der Waals surface area contributed by atoms with Crippen LogP contribution < -0.4 is 19.3 Å². The van der Waals surface area contributed by atoms with E-state index in [0.29, 0.717) is 52.4 Å². The Bertz CT molecular complexity index is 1370. The quantitative estimate of drug-likeness (QED) is 0.310. The van der Waals surface area contributed by atoms with E-state index in [1.54, 1.807) is 38.3 Å². The number of sulfonamides is 1. The SMILES string of the molecule is C=C(C)OCCOc1ccc2c(c1OC)-c1ccc(CS(N)(=O)=O)cc1C(c1cccc(Cl)c1)O2. The van der Waals surface area contributed by atoms with E-state index >= 15 is 0 Å². The fourth-order valence-electron chi connectivity index (χ4n) is 4.07. The summed E-state index contributed by atoms with van der Waals surface area (Å²) < 4.78 is 47.0. The smallest absolute Gasteiger partial charge is 0.213 e. The van der Waals surface area contributed by atoms with Crippen LogP contribution in [0, 0.1) is 0 Å². The molecule has 0 saturated heterocycles. The number of allylic oxidation sites excluding steroid dienone is 1. The van der Waals surface area contributed by atoms with E-state index in [9.17, 15) is 8.42 Å². The molecule has 0 bridgehead atoms. The van der Waals surface area contributed by atoms with Gasteiger partial charge in [-0.25, -0.2) is 13.6 Å². The lowest BCUT2D eigenvalue weighted by molar-refractivity contribution is 0.155. The van der Waals surface area contributed by atoms with Gasteiger partial charge in [-0.3, -0.25) is 0 Å². The van der Waals surface area contributed by atoms with Gasteiger partial charge in [0.1, 0.15) is 25.1 Å². The van der Waals surface area contributed by atoms with Crippen molar-refractivity contribution in [3.63, 3.8) is 0 Å². The average Bonchev–Trinajstić information content (AvgIpc) is 2.79. The van der Waals surface area contributed by atoms with Gasteiger partial charge in [0.25, 0.3) is 0 Å². The molecule has 1 aliphatic rings. The van der Waals surface area contributed by atoms with Crippen molar-refractivity contribution in [1.29, 1.82) is 0 Å². The molecule has 184 valence electrons. The lowest BCUT2D eigenvalue weighted by Gasteiger charge is -2.31. The van der Waals surface area contributed by atoms with Crippen LogP contribution in [0.25, 0.3) is 11.1 Å². The van der Waals surface area contributed by atoms with Crippen LogP contribution >= 0.6 is 11.6 Å². The van der Waals surface area contributed by atoms with E-state index in [1.807, 2.05) is 30.3 Å². The molecule has 0 aliphatic carbocycles. The Kier molecular flexibility index (Phi) is 7.25. The van der Waals surface area contributed by atoms with Crippen LogP contribution in [0.1, 0.15) is 29.7 Å². The third kappa shape index (κ3) is 5.73. The van der Waals surface area contributed by atoms with Gasteiger partial charge in [-0.15, -0.1) is 0 Å². The lowest BCUT2D eigenvalue weighted by Crippen LogP contribution is -2.18. The lowest BCUT2D eigenvalue weighted by atomic mass is 9.88. The molecule has 1 unspecified atom stereocenters. The summed E-state index contributed by atoms with van der Waals surface area (Å²) in [7, 11) is -2.16. The van der Waals surface area contributed by atoms with Crippen molar-refractivity contribution in [2.75, 3.05) is 20.3 Å². The van der Waals surface area contributed by atoms with Crippen LogP contribution in [-0.2, 0) is 20.5 Å². The van der Waals surface area contributed by atoms with Crippen molar-refractivity contribution in [2.45, 2.75) is 18.8 Å². The second-order valence-corrected chi connectivity index (χ2v) is 10.2. The summed E-state index contributed by atoms with van der Waals surface area (Å²) in [5.41, 5.74) is 3.68. The highest BCUT2D eigenvalue weighted by Crippen LogP contribution is 2.52. The number of nitrogens with two attached hydrogens (primary N) is 1. The molecule has 0 spiro atoms. The maximum atomic E-state index is 11.8. The predicted molar refractivity (Wildman–Crippen MR) is 135 cm³/mol. The number of benzene rings is 3. The van der Waals surface area contributed by atoms with Gasteiger partial charge in [0.2, 0.25) is 10.0 Å². The molecule has 4 rings (SSSR count). The standard InChI is InChI=1S/C26H26ClNO6S/c1-16(2)32-11-12-33-23-10-9-22-24(26(23)31-3)20-8-7-17(15-35(28,29)30)13-21(20)25(34-22)18-5-4-6-19(27)14-18/h4-10,13-14,25H,1,11-12,15H2,2-3H3,(H2,28,29,30). The van der Waals surface area contributed by atoms with Crippen LogP contribution in [0.2, 0.25) is 5.02 Å². The zero-order valence-electron chi connectivity index (χ0n) is 19.4. The van der Waals surface area contributed by atoms with Gasteiger partial charge < -0.3 is 18.9 Å². The molecule has 0 saturated carbocycles. The van der Waals surface area contributed by atoms with E-state index in [-0.39, 0.29) is 5.75 Å². The first-order chi connectivity index (χ1) is 16.7. The first-order valence-electron chi connectivity index (χ1n) is 10.8. The Morgan fingerprint density at radius 3 is 2.63 bits per heavy atom. The molecule has 0 amide bonds. The minimum absolute atomic E-state index is 0.293. The number of primary sulfonamides is 1. The largest absolute Gasteiger partial charge is 0.495 e. The van der Waals surface area contributed by atoms with Crippen LogP contribution in [-0.4, -0.2) is 28.7 Å². The number of hydrogen-bond acceptors (Lipinski definition) is 6. The number of halogens is 1. The van der Waals surface area contributed by atoms with Gasteiger partial charge in [-0.2, -0.15) is 0 Å². The Balaban J connectivity index is 1.81. The van der Waals surface area contributed by atoms with Crippen LogP contribution in [0.3, 0.4) is 0 Å². The van der Waals surface area contributed by atoms with Crippen molar-refractivity contribution in [3.8, 4) is 28.4 Å². The van der Waals surface area contributed by atoms with Crippen molar-refractivity contribution in [1.82, 2.24) is 0 Å². The van der Waals surface area contributed by atoms with E-state index < -0.39 is 16.1 Å². The number of rotatable bonds is 9.